The number of nitrogens with zero attached hydrogens (tertiary/aromatic N) is 2. The van der Waals surface area contributed by atoms with Gasteiger partial charge in [-0.2, -0.15) is 4.31 Å². The molecular weight excluding hydrogens is 338 g/mol. The van der Waals surface area contributed by atoms with Gasteiger partial charge in [0, 0.05) is 38.1 Å². The molecule has 0 atom stereocenters. The van der Waals surface area contributed by atoms with E-state index in [4.69, 9.17) is 0 Å². The van der Waals surface area contributed by atoms with Crippen LogP contribution in [0.3, 0.4) is 0 Å². The third-order valence-corrected chi connectivity index (χ3v) is 5.56. The van der Waals surface area contributed by atoms with Gasteiger partial charge in [0.15, 0.2) is 0 Å². The summed E-state index contributed by atoms with van der Waals surface area (Å²) in [6, 6.07) is 9.35. The second-order valence-corrected chi connectivity index (χ2v) is 8.45. The molecule has 1 aromatic carbocycles. The predicted molar refractivity (Wildman–Crippen MR) is 100 cm³/mol. The van der Waals surface area contributed by atoms with Gasteiger partial charge in [0.1, 0.15) is 0 Å². The Labute approximate surface area is 150 Å². The molecule has 0 bridgehead atoms. The van der Waals surface area contributed by atoms with Gasteiger partial charge in [0.2, 0.25) is 15.9 Å². The number of piperazine rings is 1. The summed E-state index contributed by atoms with van der Waals surface area (Å²) >= 11 is 0. The Morgan fingerprint density at radius 3 is 2.40 bits per heavy atom. The minimum Gasteiger partial charge on any atom is -0.355 e. The van der Waals surface area contributed by atoms with Crippen molar-refractivity contribution in [1.29, 1.82) is 0 Å². The largest absolute Gasteiger partial charge is 0.355 e. The Morgan fingerprint density at radius 1 is 1.16 bits per heavy atom. The summed E-state index contributed by atoms with van der Waals surface area (Å²) in [4.78, 5) is 13.8. The summed E-state index contributed by atoms with van der Waals surface area (Å²) in [7, 11) is -3.43. The molecule has 0 aromatic heterocycles. The van der Waals surface area contributed by atoms with Crippen molar-refractivity contribution < 1.29 is 13.2 Å². The number of carbonyl (C=O) groups excluding carboxylic acids is 1. The zero-order valence-electron chi connectivity index (χ0n) is 14.9. The van der Waals surface area contributed by atoms with Crippen molar-refractivity contribution in [2.45, 2.75) is 13.8 Å². The molecule has 0 unspecified atom stereocenters. The molecule has 2 rings (SSSR count). The molecule has 1 N–H and O–H groups in total. The molecule has 1 aliphatic heterocycles. The fraction of sp³-hybridized carbons (Fsp3) is 0.500. The predicted octanol–water partition coefficient (Wildman–Crippen LogP) is 1.38. The Bertz CT molecular complexity index is 679. The highest BCUT2D eigenvalue weighted by Crippen LogP contribution is 2.11. The van der Waals surface area contributed by atoms with E-state index in [0.717, 1.165) is 5.56 Å². The van der Waals surface area contributed by atoms with Crippen LogP contribution in [-0.4, -0.2) is 62.8 Å². The highest BCUT2D eigenvalue weighted by Gasteiger charge is 2.25. The zero-order valence-corrected chi connectivity index (χ0v) is 15.7. The van der Waals surface area contributed by atoms with Gasteiger partial charge < -0.3 is 5.32 Å². The Morgan fingerprint density at radius 2 is 1.80 bits per heavy atom. The summed E-state index contributed by atoms with van der Waals surface area (Å²) in [5, 5.41) is 4.14. The summed E-state index contributed by atoms with van der Waals surface area (Å²) in [5.41, 5.74) is 0.853. The molecule has 7 heteroatoms. The highest BCUT2D eigenvalue weighted by molar-refractivity contribution is 7.92. The van der Waals surface area contributed by atoms with Gasteiger partial charge in [0.25, 0.3) is 0 Å². The lowest BCUT2D eigenvalue weighted by atomic mass is 10.2. The van der Waals surface area contributed by atoms with Crippen molar-refractivity contribution in [2.24, 2.45) is 5.92 Å². The number of benzene rings is 1. The van der Waals surface area contributed by atoms with Crippen LogP contribution < -0.4 is 5.32 Å². The standard InChI is InChI=1S/C18H27N3O3S/c1-16(2)14-19-18(22)15-20-9-11-21(12-10-20)25(23,24)13-8-17-6-4-3-5-7-17/h3-8,13,16H,9-12,14-15H2,1-2H3,(H,19,22)/b13-8+. The quantitative estimate of drug-likeness (QED) is 0.792. The lowest BCUT2D eigenvalue weighted by Crippen LogP contribution is -2.50. The van der Waals surface area contributed by atoms with Crippen LogP contribution in [0.5, 0.6) is 0 Å². The lowest BCUT2D eigenvalue weighted by Gasteiger charge is -2.32. The number of carbonyl (C=O) groups is 1. The maximum absolute atomic E-state index is 12.4. The monoisotopic (exact) mass is 365 g/mol. The third kappa shape index (κ3) is 6.61. The fourth-order valence-electron chi connectivity index (χ4n) is 2.53. The first kappa shape index (κ1) is 19.6. The number of nitrogens with one attached hydrogen (secondary N) is 1. The van der Waals surface area contributed by atoms with Crippen molar-refractivity contribution in [1.82, 2.24) is 14.5 Å². The Kier molecular flexibility index (Phi) is 7.16. The normalized spacial score (nSPS) is 17.2. The highest BCUT2D eigenvalue weighted by atomic mass is 32.2. The molecule has 1 amide bonds. The van der Waals surface area contributed by atoms with Crippen LogP contribution in [0.2, 0.25) is 0 Å². The van der Waals surface area contributed by atoms with Gasteiger partial charge in [0.05, 0.1) is 6.54 Å². The average Bonchev–Trinajstić information content (AvgIpc) is 2.60. The number of rotatable bonds is 7. The van der Waals surface area contributed by atoms with Crippen LogP contribution in [0.4, 0.5) is 0 Å². The van der Waals surface area contributed by atoms with Gasteiger partial charge in [-0.05, 0) is 17.6 Å². The molecule has 0 spiro atoms. The molecule has 1 aliphatic rings. The number of hydrogen-bond acceptors (Lipinski definition) is 4. The molecule has 0 aliphatic carbocycles. The molecule has 138 valence electrons. The van der Waals surface area contributed by atoms with Crippen molar-refractivity contribution in [3.05, 3.63) is 41.3 Å². The molecule has 0 saturated carbocycles. The fourth-order valence-corrected chi connectivity index (χ4v) is 3.71. The van der Waals surface area contributed by atoms with Crippen LogP contribution in [0.25, 0.3) is 6.08 Å². The van der Waals surface area contributed by atoms with Crippen molar-refractivity contribution >= 4 is 22.0 Å². The molecule has 6 nitrogen and oxygen atoms in total. The van der Waals surface area contributed by atoms with E-state index in [1.54, 1.807) is 6.08 Å². The Hall–Kier alpha value is -1.70. The van der Waals surface area contributed by atoms with Crippen molar-refractivity contribution in [3.63, 3.8) is 0 Å². The zero-order chi connectivity index (χ0) is 18.3. The summed E-state index contributed by atoms with van der Waals surface area (Å²) in [5.74, 6) is 0.413. The van der Waals surface area contributed by atoms with Crippen LogP contribution in [-0.2, 0) is 14.8 Å². The molecule has 1 heterocycles. The van der Waals surface area contributed by atoms with Gasteiger partial charge in [-0.3, -0.25) is 9.69 Å². The molecule has 1 aromatic rings. The SMILES string of the molecule is CC(C)CNC(=O)CN1CCN(S(=O)(=O)/C=C/c2ccccc2)CC1. The van der Waals surface area contributed by atoms with Gasteiger partial charge >= 0.3 is 0 Å². The van der Waals surface area contributed by atoms with E-state index in [1.165, 1.54) is 9.71 Å². The van der Waals surface area contributed by atoms with Gasteiger partial charge in [-0.1, -0.05) is 44.2 Å². The van der Waals surface area contributed by atoms with Crippen molar-refractivity contribution in [3.8, 4) is 0 Å². The van der Waals surface area contributed by atoms with Gasteiger partial charge in [-0.25, -0.2) is 8.42 Å². The third-order valence-electron chi connectivity index (χ3n) is 4.00. The van der Waals surface area contributed by atoms with E-state index in [2.05, 4.69) is 5.32 Å². The first-order chi connectivity index (χ1) is 11.9. The van der Waals surface area contributed by atoms with Crippen LogP contribution in [0, 0.1) is 5.92 Å². The number of hydrogen-bond donors (Lipinski definition) is 1. The van der Waals surface area contributed by atoms with Crippen LogP contribution >= 0.6 is 0 Å². The van der Waals surface area contributed by atoms with Crippen LogP contribution in [0.1, 0.15) is 19.4 Å². The number of sulfonamides is 1. The maximum atomic E-state index is 12.4. The van der Waals surface area contributed by atoms with E-state index in [9.17, 15) is 13.2 Å². The topological polar surface area (TPSA) is 69.7 Å². The van der Waals surface area contributed by atoms with Crippen molar-refractivity contribution in [2.75, 3.05) is 39.3 Å². The molecule has 0 radical (unpaired) electrons. The van der Waals surface area contributed by atoms with E-state index >= 15 is 0 Å². The summed E-state index contributed by atoms with van der Waals surface area (Å²) in [6.45, 7) is 7.01. The first-order valence-corrected chi connectivity index (χ1v) is 10.1. The minimum atomic E-state index is -3.43. The second-order valence-electron chi connectivity index (χ2n) is 6.63. The van der Waals surface area contributed by atoms with Crippen LogP contribution in [0.15, 0.2) is 35.7 Å². The molecule has 1 fully saturated rings. The first-order valence-electron chi connectivity index (χ1n) is 8.59. The van der Waals surface area contributed by atoms with Gasteiger partial charge in [-0.15, -0.1) is 0 Å². The summed E-state index contributed by atoms with van der Waals surface area (Å²) < 4.78 is 26.3. The Balaban J connectivity index is 1.82. The maximum Gasteiger partial charge on any atom is 0.236 e. The smallest absolute Gasteiger partial charge is 0.236 e. The minimum absolute atomic E-state index is 0.00557. The van der Waals surface area contributed by atoms with E-state index in [0.29, 0.717) is 45.2 Å². The number of amides is 1. The van der Waals surface area contributed by atoms with E-state index < -0.39 is 10.0 Å². The molecule has 25 heavy (non-hydrogen) atoms. The van der Waals surface area contributed by atoms with E-state index in [-0.39, 0.29) is 5.91 Å². The molecule has 1 saturated heterocycles. The summed E-state index contributed by atoms with van der Waals surface area (Å²) in [6.07, 6.45) is 1.61. The second kappa shape index (κ2) is 9.12. The average molecular weight is 365 g/mol. The van der Waals surface area contributed by atoms with E-state index in [1.807, 2.05) is 49.1 Å². The molecular formula is C18H27N3O3S. The lowest BCUT2D eigenvalue weighted by molar-refractivity contribution is -0.122.